The van der Waals surface area contributed by atoms with Crippen LogP contribution in [0.4, 0.5) is 0 Å². The number of benzene rings is 1. The largest absolute Gasteiger partial charge is 0.304 e. The fraction of sp³-hybridized carbons (Fsp3) is 0.571. The molecule has 0 N–H and O–H groups in total. The molecule has 0 amide bonds. The Hall–Kier alpha value is -0.510. The van der Waals surface area contributed by atoms with Crippen molar-refractivity contribution in [2.75, 3.05) is 45.5 Å². The van der Waals surface area contributed by atoms with Gasteiger partial charge in [0.2, 0.25) is 0 Å². The van der Waals surface area contributed by atoms with E-state index in [1.54, 1.807) is 5.56 Å². The molecule has 92 valence electrons. The maximum absolute atomic E-state index is 2.63. The summed E-state index contributed by atoms with van der Waals surface area (Å²) in [5.74, 6) is 2.02. The fourth-order valence-electron chi connectivity index (χ4n) is 2.72. The topological polar surface area (TPSA) is 6.48 Å². The second kappa shape index (κ2) is 5.01. The van der Waals surface area contributed by atoms with E-state index >= 15 is 0 Å². The average Bonchev–Trinajstić information content (AvgIpc) is 2.76. The van der Waals surface area contributed by atoms with Crippen molar-refractivity contribution in [1.29, 1.82) is 0 Å². The lowest BCUT2D eigenvalue weighted by atomic mass is 10.0. The summed E-state index contributed by atoms with van der Waals surface area (Å²) in [4.78, 5) is 6.56. The standard InChI is InChI=1S/C14H20N2S/c1-15-6-8-16(9-7-15)10-12-11-17-14-5-3-2-4-13(12)14/h2-5,12H,6-11H2,1H3. The monoisotopic (exact) mass is 248 g/mol. The lowest BCUT2D eigenvalue weighted by molar-refractivity contribution is 0.149. The van der Waals surface area contributed by atoms with E-state index in [0.717, 1.165) is 5.92 Å². The summed E-state index contributed by atoms with van der Waals surface area (Å²) in [5.41, 5.74) is 1.58. The Morgan fingerprint density at radius 1 is 1.18 bits per heavy atom. The molecule has 1 fully saturated rings. The highest BCUT2D eigenvalue weighted by atomic mass is 32.2. The van der Waals surface area contributed by atoms with Gasteiger partial charge in [-0.25, -0.2) is 0 Å². The van der Waals surface area contributed by atoms with E-state index < -0.39 is 0 Å². The molecule has 2 nitrogen and oxygen atoms in total. The highest BCUT2D eigenvalue weighted by molar-refractivity contribution is 7.99. The number of likely N-dealkylation sites (N-methyl/N-ethyl adjacent to an activating group) is 1. The first-order valence-corrected chi connectivity index (χ1v) is 7.44. The SMILES string of the molecule is CN1CCN(CC2CSc3ccccc32)CC1. The Morgan fingerprint density at radius 3 is 2.76 bits per heavy atom. The molecule has 0 spiro atoms. The molecule has 1 aromatic carbocycles. The van der Waals surface area contributed by atoms with Crippen molar-refractivity contribution in [3.05, 3.63) is 29.8 Å². The third-order valence-electron chi connectivity index (χ3n) is 3.87. The van der Waals surface area contributed by atoms with E-state index in [1.807, 2.05) is 11.8 Å². The van der Waals surface area contributed by atoms with Crippen molar-refractivity contribution >= 4 is 11.8 Å². The minimum Gasteiger partial charge on any atom is -0.304 e. The van der Waals surface area contributed by atoms with Crippen LogP contribution in [0.25, 0.3) is 0 Å². The molecule has 0 aliphatic carbocycles. The van der Waals surface area contributed by atoms with Crippen LogP contribution in [-0.4, -0.2) is 55.3 Å². The fourth-order valence-corrected chi connectivity index (χ4v) is 3.96. The molecule has 3 heteroatoms. The minimum atomic E-state index is 0.750. The van der Waals surface area contributed by atoms with Crippen molar-refractivity contribution in [3.8, 4) is 0 Å². The zero-order valence-corrected chi connectivity index (χ0v) is 11.2. The van der Waals surface area contributed by atoms with Gasteiger partial charge in [-0.05, 0) is 18.7 Å². The molecule has 0 bridgehead atoms. The number of fused-ring (bicyclic) bond motifs is 1. The maximum atomic E-state index is 2.63. The van der Waals surface area contributed by atoms with E-state index in [1.165, 1.54) is 43.4 Å². The molecule has 17 heavy (non-hydrogen) atoms. The van der Waals surface area contributed by atoms with Gasteiger partial charge >= 0.3 is 0 Å². The lowest BCUT2D eigenvalue weighted by Gasteiger charge is -2.33. The van der Waals surface area contributed by atoms with E-state index in [2.05, 4.69) is 41.1 Å². The Balaban J connectivity index is 1.64. The van der Waals surface area contributed by atoms with Gasteiger partial charge in [-0.1, -0.05) is 18.2 Å². The van der Waals surface area contributed by atoms with Crippen LogP contribution in [-0.2, 0) is 0 Å². The van der Waals surface area contributed by atoms with Crippen LogP contribution in [0.1, 0.15) is 11.5 Å². The Labute approximate surface area is 108 Å². The van der Waals surface area contributed by atoms with Crippen LogP contribution in [0.2, 0.25) is 0 Å². The van der Waals surface area contributed by atoms with Crippen molar-refractivity contribution in [3.63, 3.8) is 0 Å². The zero-order chi connectivity index (χ0) is 11.7. The van der Waals surface area contributed by atoms with Crippen molar-refractivity contribution < 1.29 is 0 Å². The highest BCUT2D eigenvalue weighted by Crippen LogP contribution is 2.39. The van der Waals surface area contributed by atoms with Crippen molar-refractivity contribution in [2.45, 2.75) is 10.8 Å². The maximum Gasteiger partial charge on any atom is 0.0110 e. The summed E-state index contributed by atoms with van der Waals surface area (Å²) in [6.45, 7) is 6.17. The third kappa shape index (κ3) is 2.51. The molecule has 1 unspecified atom stereocenters. The predicted octanol–water partition coefficient (Wildman–Crippen LogP) is 2.12. The first-order chi connectivity index (χ1) is 8.33. The van der Waals surface area contributed by atoms with Gasteiger partial charge in [0, 0.05) is 49.3 Å². The van der Waals surface area contributed by atoms with Crippen LogP contribution in [0.5, 0.6) is 0 Å². The van der Waals surface area contributed by atoms with Crippen molar-refractivity contribution in [2.24, 2.45) is 0 Å². The molecular weight excluding hydrogens is 228 g/mol. The summed E-state index contributed by atoms with van der Waals surface area (Å²) in [7, 11) is 2.22. The van der Waals surface area contributed by atoms with Crippen LogP contribution in [0.15, 0.2) is 29.2 Å². The number of piperazine rings is 1. The second-order valence-electron chi connectivity index (χ2n) is 5.15. The highest BCUT2D eigenvalue weighted by Gasteiger charge is 2.25. The zero-order valence-electron chi connectivity index (χ0n) is 10.4. The minimum absolute atomic E-state index is 0.750. The summed E-state index contributed by atoms with van der Waals surface area (Å²) >= 11 is 2.03. The van der Waals surface area contributed by atoms with Gasteiger partial charge in [0.05, 0.1) is 0 Å². The predicted molar refractivity (Wildman–Crippen MR) is 73.8 cm³/mol. The normalized spacial score (nSPS) is 26.1. The van der Waals surface area contributed by atoms with Crippen LogP contribution < -0.4 is 0 Å². The molecular formula is C14H20N2S. The van der Waals surface area contributed by atoms with E-state index in [0.29, 0.717) is 0 Å². The van der Waals surface area contributed by atoms with Gasteiger partial charge in [0.1, 0.15) is 0 Å². The average molecular weight is 248 g/mol. The molecule has 2 aliphatic rings. The number of rotatable bonds is 2. The Kier molecular flexibility index (Phi) is 3.41. The molecule has 1 atom stereocenters. The molecule has 2 heterocycles. The van der Waals surface area contributed by atoms with Crippen LogP contribution in [0, 0.1) is 0 Å². The Bertz CT molecular complexity index is 386. The van der Waals surface area contributed by atoms with Gasteiger partial charge in [0.15, 0.2) is 0 Å². The number of hydrogen-bond acceptors (Lipinski definition) is 3. The van der Waals surface area contributed by atoms with Gasteiger partial charge in [-0.15, -0.1) is 11.8 Å². The van der Waals surface area contributed by atoms with E-state index in [9.17, 15) is 0 Å². The third-order valence-corrected chi connectivity index (χ3v) is 5.13. The summed E-state index contributed by atoms with van der Waals surface area (Å²) in [6, 6.07) is 8.92. The quantitative estimate of drug-likeness (QED) is 0.791. The molecule has 2 aliphatic heterocycles. The van der Waals surface area contributed by atoms with Gasteiger partial charge in [-0.2, -0.15) is 0 Å². The molecule has 1 aromatic rings. The Morgan fingerprint density at radius 2 is 1.94 bits per heavy atom. The second-order valence-corrected chi connectivity index (χ2v) is 6.21. The number of nitrogens with zero attached hydrogens (tertiary/aromatic N) is 2. The van der Waals surface area contributed by atoms with Gasteiger partial charge < -0.3 is 9.80 Å². The summed E-state index contributed by atoms with van der Waals surface area (Å²) in [5, 5.41) is 0. The van der Waals surface area contributed by atoms with E-state index in [-0.39, 0.29) is 0 Å². The molecule has 3 rings (SSSR count). The van der Waals surface area contributed by atoms with E-state index in [4.69, 9.17) is 0 Å². The number of hydrogen-bond donors (Lipinski definition) is 0. The van der Waals surface area contributed by atoms with Crippen LogP contribution >= 0.6 is 11.8 Å². The van der Waals surface area contributed by atoms with Crippen molar-refractivity contribution in [1.82, 2.24) is 9.80 Å². The number of thioether (sulfide) groups is 1. The summed E-state index contributed by atoms with van der Waals surface area (Å²) < 4.78 is 0. The summed E-state index contributed by atoms with van der Waals surface area (Å²) in [6.07, 6.45) is 0. The first kappa shape index (κ1) is 11.6. The lowest BCUT2D eigenvalue weighted by Crippen LogP contribution is -2.45. The molecule has 1 saturated heterocycles. The van der Waals surface area contributed by atoms with Gasteiger partial charge in [-0.3, -0.25) is 0 Å². The first-order valence-electron chi connectivity index (χ1n) is 6.45. The van der Waals surface area contributed by atoms with Crippen LogP contribution in [0.3, 0.4) is 0 Å². The molecule has 0 saturated carbocycles. The van der Waals surface area contributed by atoms with Gasteiger partial charge in [0.25, 0.3) is 0 Å². The molecule has 0 radical (unpaired) electrons. The smallest absolute Gasteiger partial charge is 0.0110 e. The molecule has 0 aromatic heterocycles.